The van der Waals surface area contributed by atoms with E-state index < -0.39 is 10.0 Å². The van der Waals surface area contributed by atoms with Gasteiger partial charge in [0.1, 0.15) is 0 Å². The number of rotatable bonds is 7. The van der Waals surface area contributed by atoms with E-state index in [9.17, 15) is 13.2 Å². The van der Waals surface area contributed by atoms with Crippen molar-refractivity contribution >= 4 is 15.9 Å². The number of hydrogen-bond donors (Lipinski definition) is 3. The number of nitrogens with one attached hydrogen (secondary N) is 2. The van der Waals surface area contributed by atoms with Gasteiger partial charge in [-0.15, -0.1) is 0 Å². The molecule has 1 rings (SSSR count). The highest BCUT2D eigenvalue weighted by Crippen LogP contribution is 2.28. The van der Waals surface area contributed by atoms with Crippen molar-refractivity contribution in [1.29, 1.82) is 0 Å². The van der Waals surface area contributed by atoms with Gasteiger partial charge in [-0.3, -0.25) is 4.79 Å². The van der Waals surface area contributed by atoms with E-state index in [4.69, 9.17) is 5.73 Å². The molecule has 0 heterocycles. The van der Waals surface area contributed by atoms with Gasteiger partial charge >= 0.3 is 0 Å². The lowest BCUT2D eigenvalue weighted by Gasteiger charge is -2.06. The van der Waals surface area contributed by atoms with Gasteiger partial charge < -0.3 is 11.1 Å². The van der Waals surface area contributed by atoms with E-state index in [1.807, 2.05) is 0 Å². The van der Waals surface area contributed by atoms with Crippen molar-refractivity contribution in [3.63, 3.8) is 0 Å². The molecule has 0 radical (unpaired) electrons. The van der Waals surface area contributed by atoms with Crippen LogP contribution in [0.5, 0.6) is 0 Å². The Hall–Kier alpha value is -0.660. The second-order valence-electron chi connectivity index (χ2n) is 3.57. The molecule has 0 aliphatic heterocycles. The molecule has 1 fully saturated rings. The van der Waals surface area contributed by atoms with E-state index in [-0.39, 0.29) is 30.7 Å². The van der Waals surface area contributed by atoms with Crippen LogP contribution < -0.4 is 15.8 Å². The Balaban J connectivity index is 2.07. The molecular weight excluding hydrogens is 218 g/mol. The average Bonchev–Trinajstić information content (AvgIpc) is 2.95. The molecule has 0 aromatic rings. The summed E-state index contributed by atoms with van der Waals surface area (Å²) in [7, 11) is -3.26. The fourth-order valence-corrected chi connectivity index (χ4v) is 1.98. The first-order valence-corrected chi connectivity index (χ1v) is 6.65. The number of carbonyl (C=O) groups is 1. The van der Waals surface area contributed by atoms with Crippen LogP contribution in [0.3, 0.4) is 0 Å². The molecule has 4 N–H and O–H groups in total. The fraction of sp³-hybridized carbons (Fsp3) is 0.875. The summed E-state index contributed by atoms with van der Waals surface area (Å²) in [5, 5.41) is 2.66. The van der Waals surface area contributed by atoms with Gasteiger partial charge in [0.25, 0.3) is 0 Å². The van der Waals surface area contributed by atoms with Crippen molar-refractivity contribution in [2.75, 3.05) is 25.4 Å². The summed E-state index contributed by atoms with van der Waals surface area (Å²) in [4.78, 5) is 11.1. The van der Waals surface area contributed by atoms with Crippen molar-refractivity contribution in [2.24, 2.45) is 11.7 Å². The summed E-state index contributed by atoms with van der Waals surface area (Å²) in [5.74, 6) is 0.0995. The summed E-state index contributed by atoms with van der Waals surface area (Å²) in [6, 6.07) is 0. The monoisotopic (exact) mass is 235 g/mol. The zero-order chi connectivity index (χ0) is 11.3. The summed E-state index contributed by atoms with van der Waals surface area (Å²) < 4.78 is 24.6. The third kappa shape index (κ3) is 5.10. The standard InChI is InChI=1S/C8H17N3O3S/c9-3-6-15(13,14)11-5-4-10-8(12)7-1-2-7/h7,11H,1-6,9H2,(H,10,12). The SMILES string of the molecule is NCCS(=O)(=O)NCCNC(=O)C1CC1. The zero-order valence-electron chi connectivity index (χ0n) is 8.53. The maximum Gasteiger partial charge on any atom is 0.223 e. The fourth-order valence-electron chi connectivity index (χ4n) is 1.11. The van der Waals surface area contributed by atoms with Gasteiger partial charge in [-0.05, 0) is 12.8 Å². The summed E-state index contributed by atoms with van der Waals surface area (Å²) in [6.45, 7) is 0.656. The highest BCUT2D eigenvalue weighted by atomic mass is 32.2. The molecule has 0 aromatic carbocycles. The normalized spacial score (nSPS) is 16.3. The Morgan fingerprint density at radius 2 is 2.00 bits per heavy atom. The van der Waals surface area contributed by atoms with Crippen molar-refractivity contribution in [3.8, 4) is 0 Å². The Morgan fingerprint density at radius 3 is 2.53 bits per heavy atom. The molecule has 1 saturated carbocycles. The molecule has 88 valence electrons. The third-order valence-electron chi connectivity index (χ3n) is 2.08. The van der Waals surface area contributed by atoms with Gasteiger partial charge in [0, 0.05) is 25.6 Å². The molecule has 15 heavy (non-hydrogen) atoms. The zero-order valence-corrected chi connectivity index (χ0v) is 9.35. The Morgan fingerprint density at radius 1 is 1.33 bits per heavy atom. The highest BCUT2D eigenvalue weighted by Gasteiger charge is 2.28. The molecule has 0 aromatic heterocycles. The minimum atomic E-state index is -3.26. The Kier molecular flexibility index (Phi) is 4.49. The van der Waals surface area contributed by atoms with Crippen LogP contribution in [0.25, 0.3) is 0 Å². The number of hydrogen-bond acceptors (Lipinski definition) is 4. The lowest BCUT2D eigenvalue weighted by Crippen LogP contribution is -2.37. The van der Waals surface area contributed by atoms with Gasteiger partial charge in [-0.25, -0.2) is 13.1 Å². The van der Waals surface area contributed by atoms with Gasteiger partial charge in [0.15, 0.2) is 0 Å². The topological polar surface area (TPSA) is 101 Å². The smallest absolute Gasteiger partial charge is 0.223 e. The molecule has 0 bridgehead atoms. The Labute approximate surface area is 89.6 Å². The van der Waals surface area contributed by atoms with E-state index in [2.05, 4.69) is 10.0 Å². The first kappa shape index (κ1) is 12.4. The number of carbonyl (C=O) groups excluding carboxylic acids is 1. The quantitative estimate of drug-likeness (QED) is 0.462. The molecule has 0 unspecified atom stereocenters. The predicted molar refractivity (Wildman–Crippen MR) is 56.6 cm³/mol. The van der Waals surface area contributed by atoms with Crippen LogP contribution in [0.2, 0.25) is 0 Å². The minimum absolute atomic E-state index is 0.0213. The van der Waals surface area contributed by atoms with Gasteiger partial charge in [-0.1, -0.05) is 0 Å². The van der Waals surface area contributed by atoms with Gasteiger partial charge in [0.2, 0.25) is 15.9 Å². The third-order valence-corrected chi connectivity index (χ3v) is 3.50. The van der Waals surface area contributed by atoms with Gasteiger partial charge in [0.05, 0.1) is 5.75 Å². The summed E-state index contributed by atoms with van der Waals surface area (Å²) in [6.07, 6.45) is 1.90. The molecular formula is C8H17N3O3S. The molecule has 0 saturated heterocycles. The largest absolute Gasteiger partial charge is 0.355 e. The van der Waals surface area contributed by atoms with E-state index in [1.165, 1.54) is 0 Å². The Bertz CT molecular complexity index is 311. The number of sulfonamides is 1. The number of nitrogens with two attached hydrogens (primary N) is 1. The van der Waals surface area contributed by atoms with Crippen LogP contribution >= 0.6 is 0 Å². The molecule has 0 atom stereocenters. The van der Waals surface area contributed by atoms with Crippen molar-refractivity contribution in [2.45, 2.75) is 12.8 Å². The predicted octanol–water partition coefficient (Wildman–Crippen LogP) is -1.61. The first-order chi connectivity index (χ1) is 7.05. The second kappa shape index (κ2) is 5.43. The molecule has 1 aliphatic carbocycles. The highest BCUT2D eigenvalue weighted by molar-refractivity contribution is 7.89. The lowest BCUT2D eigenvalue weighted by molar-refractivity contribution is -0.122. The lowest BCUT2D eigenvalue weighted by atomic mass is 10.4. The minimum Gasteiger partial charge on any atom is -0.355 e. The second-order valence-corrected chi connectivity index (χ2v) is 5.49. The van der Waals surface area contributed by atoms with E-state index >= 15 is 0 Å². The summed E-state index contributed by atoms with van der Waals surface area (Å²) in [5.41, 5.74) is 5.13. The van der Waals surface area contributed by atoms with E-state index in [0.29, 0.717) is 6.54 Å². The van der Waals surface area contributed by atoms with Crippen molar-refractivity contribution in [3.05, 3.63) is 0 Å². The van der Waals surface area contributed by atoms with Crippen LogP contribution in [0, 0.1) is 5.92 Å². The first-order valence-electron chi connectivity index (χ1n) is 5.00. The average molecular weight is 235 g/mol. The van der Waals surface area contributed by atoms with Crippen LogP contribution in [0.4, 0.5) is 0 Å². The maximum atomic E-state index is 11.1. The van der Waals surface area contributed by atoms with Crippen molar-refractivity contribution < 1.29 is 13.2 Å². The van der Waals surface area contributed by atoms with Crippen LogP contribution in [-0.4, -0.2) is 39.7 Å². The molecule has 0 spiro atoms. The number of amides is 1. The molecule has 7 heteroatoms. The van der Waals surface area contributed by atoms with Crippen LogP contribution in [0.15, 0.2) is 0 Å². The molecule has 1 amide bonds. The van der Waals surface area contributed by atoms with Crippen molar-refractivity contribution in [1.82, 2.24) is 10.0 Å². The maximum absolute atomic E-state index is 11.1. The summed E-state index contributed by atoms with van der Waals surface area (Å²) >= 11 is 0. The van der Waals surface area contributed by atoms with Crippen LogP contribution in [-0.2, 0) is 14.8 Å². The van der Waals surface area contributed by atoms with E-state index in [1.54, 1.807) is 0 Å². The molecule has 1 aliphatic rings. The molecule has 6 nitrogen and oxygen atoms in total. The van der Waals surface area contributed by atoms with E-state index in [0.717, 1.165) is 12.8 Å². The van der Waals surface area contributed by atoms with Gasteiger partial charge in [-0.2, -0.15) is 0 Å². The van der Waals surface area contributed by atoms with Crippen LogP contribution in [0.1, 0.15) is 12.8 Å².